The van der Waals surface area contributed by atoms with Crippen molar-refractivity contribution in [3.8, 4) is 0 Å². The van der Waals surface area contributed by atoms with E-state index in [9.17, 15) is 0 Å². The monoisotopic (exact) mass is 198 g/mol. The molecule has 75 valence electrons. The smallest absolute Gasteiger partial charge is 0.0403 e. The maximum absolute atomic E-state index is 4.43. The van der Waals surface area contributed by atoms with Crippen LogP contribution in [0.1, 0.15) is 11.1 Å². The second-order valence-corrected chi connectivity index (χ2v) is 3.26. The lowest BCUT2D eigenvalue weighted by atomic mass is 10.2. The molecule has 0 aliphatic rings. The molecule has 0 amide bonds. The minimum atomic E-state index is 0.711. The third kappa shape index (κ3) is 3.14. The summed E-state index contributed by atoms with van der Waals surface area (Å²) >= 11 is 0. The van der Waals surface area contributed by atoms with Crippen LogP contribution in [0.25, 0.3) is 0 Å². The van der Waals surface area contributed by atoms with E-state index >= 15 is 0 Å². The topological polar surface area (TPSA) is 39.9 Å². The lowest BCUT2D eigenvalue weighted by Crippen LogP contribution is -2.04. The molecule has 0 fully saturated rings. The van der Waals surface area contributed by atoms with Crippen LogP contribution < -0.4 is 5.32 Å². The molecule has 1 radical (unpaired) electrons. The molecule has 0 spiro atoms. The maximum atomic E-state index is 4.43. The molecule has 0 aliphatic carbocycles. The van der Waals surface area contributed by atoms with Crippen molar-refractivity contribution in [1.29, 1.82) is 0 Å². The van der Waals surface area contributed by atoms with Crippen LogP contribution in [0.5, 0.6) is 0 Å². The van der Waals surface area contributed by atoms with Crippen LogP contribution in [0.4, 0.5) is 0 Å². The summed E-state index contributed by atoms with van der Waals surface area (Å²) in [6, 6.07) is 7.91. The third-order valence-electron chi connectivity index (χ3n) is 2.03. The zero-order chi connectivity index (χ0) is 10.3. The normalized spacial score (nSPS) is 10.1. The Morgan fingerprint density at radius 1 is 0.867 bits per heavy atom. The first kappa shape index (κ1) is 9.80. The van der Waals surface area contributed by atoms with E-state index in [1.165, 1.54) is 0 Å². The van der Waals surface area contributed by atoms with Crippen molar-refractivity contribution >= 4 is 0 Å². The van der Waals surface area contributed by atoms with Gasteiger partial charge in [-0.1, -0.05) is 12.1 Å². The molecule has 0 saturated heterocycles. The van der Waals surface area contributed by atoms with Crippen molar-refractivity contribution in [3.63, 3.8) is 0 Å². The molecule has 2 rings (SSSR count). The Labute approximate surface area is 89.2 Å². The summed E-state index contributed by atoms with van der Waals surface area (Å²) < 4.78 is 0. The second kappa shape index (κ2) is 5.22. The second-order valence-electron chi connectivity index (χ2n) is 3.26. The lowest BCUT2D eigenvalue weighted by molar-refractivity contribution is 0.673. The van der Waals surface area contributed by atoms with Gasteiger partial charge in [0.1, 0.15) is 0 Å². The fourth-order valence-corrected chi connectivity index (χ4v) is 1.30. The Bertz CT molecular complexity index is 347. The zero-order valence-electron chi connectivity index (χ0n) is 8.37. The van der Waals surface area contributed by atoms with Crippen molar-refractivity contribution in [1.82, 2.24) is 15.3 Å². The van der Waals surface area contributed by atoms with E-state index in [1.54, 1.807) is 12.4 Å². The van der Waals surface area contributed by atoms with Gasteiger partial charge in [-0.15, -0.1) is 0 Å². The summed E-state index contributed by atoms with van der Waals surface area (Å²) in [6.07, 6.45) is 7.22. The Morgan fingerprint density at radius 2 is 1.40 bits per heavy atom. The van der Waals surface area contributed by atoms with Gasteiger partial charge >= 0.3 is 0 Å². The minimum absolute atomic E-state index is 0.711. The van der Waals surface area contributed by atoms with Crippen LogP contribution in [0.15, 0.2) is 49.1 Å². The quantitative estimate of drug-likeness (QED) is 0.751. The SMILES string of the molecule is c1cncc(C[N]Cc2cccnc2)c1. The molecule has 0 unspecified atom stereocenters. The average molecular weight is 198 g/mol. The summed E-state index contributed by atoms with van der Waals surface area (Å²) in [7, 11) is 0. The lowest BCUT2D eigenvalue weighted by Gasteiger charge is -2.01. The summed E-state index contributed by atoms with van der Waals surface area (Å²) in [6.45, 7) is 1.42. The fourth-order valence-electron chi connectivity index (χ4n) is 1.30. The summed E-state index contributed by atoms with van der Waals surface area (Å²) in [5, 5.41) is 4.43. The minimum Gasteiger partial charge on any atom is -0.264 e. The van der Waals surface area contributed by atoms with Crippen molar-refractivity contribution in [2.75, 3.05) is 0 Å². The largest absolute Gasteiger partial charge is 0.264 e. The first-order chi connectivity index (χ1) is 7.45. The van der Waals surface area contributed by atoms with Gasteiger partial charge in [0.2, 0.25) is 0 Å². The first-order valence-electron chi connectivity index (χ1n) is 4.86. The molecule has 2 aromatic heterocycles. The highest BCUT2D eigenvalue weighted by Crippen LogP contribution is 1.99. The number of rotatable bonds is 4. The van der Waals surface area contributed by atoms with Crippen LogP contribution in [-0.2, 0) is 13.1 Å². The van der Waals surface area contributed by atoms with Gasteiger partial charge in [-0.2, -0.15) is 0 Å². The van der Waals surface area contributed by atoms with E-state index in [2.05, 4.69) is 15.3 Å². The van der Waals surface area contributed by atoms with Crippen molar-refractivity contribution < 1.29 is 0 Å². The molecule has 2 aromatic rings. The van der Waals surface area contributed by atoms with E-state index in [-0.39, 0.29) is 0 Å². The van der Waals surface area contributed by atoms with Crippen molar-refractivity contribution in [2.45, 2.75) is 13.1 Å². The molecule has 0 aliphatic heterocycles. The van der Waals surface area contributed by atoms with Gasteiger partial charge in [0.05, 0.1) is 0 Å². The van der Waals surface area contributed by atoms with E-state index in [4.69, 9.17) is 0 Å². The van der Waals surface area contributed by atoms with Gasteiger partial charge in [0.15, 0.2) is 0 Å². The Hall–Kier alpha value is -1.74. The van der Waals surface area contributed by atoms with Gasteiger partial charge in [0, 0.05) is 37.9 Å². The summed E-state index contributed by atoms with van der Waals surface area (Å²) in [4.78, 5) is 8.08. The van der Waals surface area contributed by atoms with E-state index in [1.807, 2.05) is 36.7 Å². The van der Waals surface area contributed by atoms with E-state index in [0.29, 0.717) is 13.1 Å². The number of pyridine rings is 2. The molecule has 0 saturated carbocycles. The highest BCUT2D eigenvalue weighted by Gasteiger charge is 1.94. The number of nitrogens with zero attached hydrogens (tertiary/aromatic N) is 3. The van der Waals surface area contributed by atoms with Gasteiger partial charge < -0.3 is 0 Å². The Balaban J connectivity index is 1.81. The molecular weight excluding hydrogens is 186 g/mol. The van der Waals surface area contributed by atoms with Gasteiger partial charge in [-0.25, -0.2) is 5.32 Å². The Kier molecular flexibility index (Phi) is 3.41. The number of hydrogen-bond donors (Lipinski definition) is 0. The fraction of sp³-hybridized carbons (Fsp3) is 0.167. The molecule has 0 aromatic carbocycles. The van der Waals surface area contributed by atoms with Crippen LogP contribution in [0.3, 0.4) is 0 Å². The third-order valence-corrected chi connectivity index (χ3v) is 2.03. The molecular formula is C12H12N3. The van der Waals surface area contributed by atoms with Crippen LogP contribution in [-0.4, -0.2) is 9.97 Å². The van der Waals surface area contributed by atoms with Gasteiger partial charge in [0.25, 0.3) is 0 Å². The van der Waals surface area contributed by atoms with E-state index < -0.39 is 0 Å². The molecule has 0 atom stereocenters. The van der Waals surface area contributed by atoms with Gasteiger partial charge in [-0.3, -0.25) is 9.97 Å². The average Bonchev–Trinajstić information content (AvgIpc) is 2.32. The van der Waals surface area contributed by atoms with Crippen molar-refractivity contribution in [2.24, 2.45) is 0 Å². The van der Waals surface area contributed by atoms with Gasteiger partial charge in [-0.05, 0) is 23.3 Å². The van der Waals surface area contributed by atoms with Crippen LogP contribution in [0.2, 0.25) is 0 Å². The van der Waals surface area contributed by atoms with Crippen molar-refractivity contribution in [3.05, 3.63) is 60.2 Å². The molecule has 0 bridgehead atoms. The molecule has 3 nitrogen and oxygen atoms in total. The molecule has 3 heteroatoms. The Morgan fingerprint density at radius 3 is 1.80 bits per heavy atom. The van der Waals surface area contributed by atoms with E-state index in [0.717, 1.165) is 11.1 Å². The molecule has 2 heterocycles. The molecule has 0 N–H and O–H groups in total. The highest BCUT2D eigenvalue weighted by atomic mass is 14.9. The molecule has 15 heavy (non-hydrogen) atoms. The number of hydrogen-bond acceptors (Lipinski definition) is 2. The zero-order valence-corrected chi connectivity index (χ0v) is 8.37. The standard InChI is InChI=1S/C12H12N3/c1-3-11(7-13-5-1)9-15-10-12-4-2-6-14-8-12/h1-8H,9-10H2. The summed E-state index contributed by atoms with van der Waals surface area (Å²) in [5.74, 6) is 0. The first-order valence-corrected chi connectivity index (χ1v) is 4.86. The highest BCUT2D eigenvalue weighted by molar-refractivity contribution is 5.10. The van der Waals surface area contributed by atoms with Crippen LogP contribution in [0, 0.1) is 0 Å². The van der Waals surface area contributed by atoms with Crippen LogP contribution >= 0.6 is 0 Å². The predicted molar refractivity (Wildman–Crippen MR) is 58.0 cm³/mol. The number of aromatic nitrogens is 2. The maximum Gasteiger partial charge on any atom is 0.0403 e. The predicted octanol–water partition coefficient (Wildman–Crippen LogP) is 1.78. The summed E-state index contributed by atoms with van der Waals surface area (Å²) in [5.41, 5.74) is 2.28.